The highest BCUT2D eigenvalue weighted by Gasteiger charge is 2.23. The summed E-state index contributed by atoms with van der Waals surface area (Å²) in [4.78, 5) is 16.9. The van der Waals surface area contributed by atoms with Gasteiger partial charge in [0.15, 0.2) is 5.82 Å². The Kier molecular flexibility index (Phi) is 8.06. The Morgan fingerprint density at radius 1 is 1.16 bits per heavy atom. The number of rotatable bonds is 7. The van der Waals surface area contributed by atoms with E-state index >= 15 is 0 Å². The second-order valence-corrected chi connectivity index (χ2v) is 6.72. The van der Waals surface area contributed by atoms with Crippen molar-refractivity contribution in [3.05, 3.63) is 35.7 Å². The molecule has 1 amide bonds. The summed E-state index contributed by atoms with van der Waals surface area (Å²) in [5.41, 5.74) is 0.987. The van der Waals surface area contributed by atoms with Crippen molar-refractivity contribution in [3.8, 4) is 11.5 Å². The summed E-state index contributed by atoms with van der Waals surface area (Å²) in [6, 6.07) is 7.28. The van der Waals surface area contributed by atoms with Crippen LogP contribution in [0.5, 0.6) is 0 Å². The highest BCUT2D eigenvalue weighted by atomic mass is 35.5. The van der Waals surface area contributed by atoms with Crippen LogP contribution in [0.4, 0.5) is 0 Å². The lowest BCUT2D eigenvalue weighted by Gasteiger charge is -2.11. The van der Waals surface area contributed by atoms with E-state index in [0.29, 0.717) is 29.4 Å². The van der Waals surface area contributed by atoms with Crippen molar-refractivity contribution in [2.45, 2.75) is 39.5 Å². The van der Waals surface area contributed by atoms with Crippen molar-refractivity contribution in [2.75, 3.05) is 19.6 Å². The van der Waals surface area contributed by atoms with Crippen molar-refractivity contribution in [1.82, 2.24) is 20.8 Å². The van der Waals surface area contributed by atoms with Gasteiger partial charge in [0.1, 0.15) is 0 Å². The zero-order chi connectivity index (χ0) is 17.6. The Morgan fingerprint density at radius 2 is 1.88 bits per heavy atom. The minimum absolute atomic E-state index is 0. The van der Waals surface area contributed by atoms with Crippen molar-refractivity contribution < 1.29 is 9.32 Å². The van der Waals surface area contributed by atoms with E-state index in [1.165, 1.54) is 0 Å². The first kappa shape index (κ1) is 21.1. The highest BCUT2D eigenvalue weighted by molar-refractivity contribution is 5.99. The van der Waals surface area contributed by atoms with Crippen LogP contribution in [0.15, 0.2) is 28.8 Å². The van der Waals surface area contributed by atoms with Gasteiger partial charge in [-0.3, -0.25) is 4.79 Å². The fraction of sp³-hybridized carbons (Fsp3) is 0.500. The van der Waals surface area contributed by atoms with Gasteiger partial charge in [0.25, 0.3) is 11.8 Å². The normalized spacial score (nSPS) is 11.0. The van der Waals surface area contributed by atoms with Crippen LogP contribution in [0.25, 0.3) is 11.5 Å². The van der Waals surface area contributed by atoms with Crippen LogP contribution in [-0.4, -0.2) is 35.7 Å². The van der Waals surface area contributed by atoms with Gasteiger partial charge >= 0.3 is 0 Å². The third-order valence-corrected chi connectivity index (χ3v) is 3.51. The molecule has 0 bridgehead atoms. The van der Waals surface area contributed by atoms with Crippen molar-refractivity contribution in [2.24, 2.45) is 0 Å². The maximum atomic E-state index is 12.4. The average Bonchev–Trinajstić information content (AvgIpc) is 3.04. The van der Waals surface area contributed by atoms with Crippen LogP contribution in [0, 0.1) is 0 Å². The van der Waals surface area contributed by atoms with Gasteiger partial charge in [-0.05, 0) is 25.1 Å². The molecule has 2 aromatic rings. The molecule has 2 N–H and O–H groups in total. The molecule has 0 saturated carbocycles. The Balaban J connectivity index is 0.00000312. The molecule has 6 nitrogen and oxygen atoms in total. The predicted octanol–water partition coefficient (Wildman–Crippen LogP) is 3.19. The Labute approximate surface area is 155 Å². The fourth-order valence-electron chi connectivity index (χ4n) is 2.17. The second kappa shape index (κ2) is 9.53. The molecule has 0 saturated heterocycles. The minimum atomic E-state index is -0.204. The van der Waals surface area contributed by atoms with Gasteiger partial charge in [-0.15, -0.1) is 12.4 Å². The Bertz CT molecular complexity index is 680. The summed E-state index contributed by atoms with van der Waals surface area (Å²) in [6.45, 7) is 10.4. The average molecular weight is 367 g/mol. The number of halogens is 1. The van der Waals surface area contributed by atoms with E-state index in [4.69, 9.17) is 4.52 Å². The molecule has 0 aliphatic rings. The Hall–Kier alpha value is -1.92. The van der Waals surface area contributed by atoms with Crippen LogP contribution >= 0.6 is 12.4 Å². The van der Waals surface area contributed by atoms with Crippen molar-refractivity contribution in [3.63, 3.8) is 0 Å². The third kappa shape index (κ3) is 5.83. The molecule has 0 aliphatic carbocycles. The predicted molar refractivity (Wildman–Crippen MR) is 101 cm³/mol. The standard InChI is InChI=1S/C18H26N4O2.ClH/c1-5-10-19-11-12-20-15(23)13-8-6-7-9-14(13)16-21-17(22-24-16)18(2,3)4;/h6-9,19H,5,10-12H2,1-4H3,(H,20,23);1H. The number of hydrogen-bond donors (Lipinski definition) is 2. The first-order valence-electron chi connectivity index (χ1n) is 8.36. The highest BCUT2D eigenvalue weighted by Crippen LogP contribution is 2.25. The monoisotopic (exact) mass is 366 g/mol. The van der Waals surface area contributed by atoms with Crippen LogP contribution in [0.2, 0.25) is 0 Å². The first-order valence-corrected chi connectivity index (χ1v) is 8.36. The van der Waals surface area contributed by atoms with Gasteiger partial charge in [0.05, 0.1) is 11.1 Å². The van der Waals surface area contributed by atoms with Crippen LogP contribution in [0.1, 0.15) is 50.3 Å². The summed E-state index contributed by atoms with van der Waals surface area (Å²) < 4.78 is 5.37. The molecule has 0 atom stereocenters. The molecule has 1 heterocycles. The van der Waals surface area contributed by atoms with Crippen LogP contribution < -0.4 is 10.6 Å². The lowest BCUT2D eigenvalue weighted by atomic mass is 9.96. The number of carbonyl (C=O) groups excluding carboxylic acids is 1. The third-order valence-electron chi connectivity index (χ3n) is 3.51. The number of aromatic nitrogens is 2. The molecular formula is C18H27ClN4O2. The van der Waals surface area contributed by atoms with E-state index in [-0.39, 0.29) is 23.7 Å². The molecule has 1 aromatic heterocycles. The molecule has 0 aliphatic heterocycles. The number of amides is 1. The maximum absolute atomic E-state index is 12.4. The molecule has 0 radical (unpaired) electrons. The number of nitrogens with zero attached hydrogens (tertiary/aromatic N) is 2. The number of nitrogens with one attached hydrogen (secondary N) is 2. The summed E-state index contributed by atoms with van der Waals surface area (Å²) in [5, 5.41) is 10.2. The Morgan fingerprint density at radius 3 is 2.52 bits per heavy atom. The van der Waals surface area contributed by atoms with E-state index in [9.17, 15) is 4.79 Å². The SMILES string of the molecule is CCCNCCNC(=O)c1ccccc1-c1nc(C(C)(C)C)no1.Cl. The minimum Gasteiger partial charge on any atom is -0.351 e. The quantitative estimate of drug-likeness (QED) is 0.735. The number of benzene rings is 1. The topological polar surface area (TPSA) is 80.0 Å². The van der Waals surface area contributed by atoms with Crippen LogP contribution in [-0.2, 0) is 5.41 Å². The number of hydrogen-bond acceptors (Lipinski definition) is 5. The number of carbonyl (C=O) groups is 1. The molecule has 7 heteroatoms. The maximum Gasteiger partial charge on any atom is 0.258 e. The van der Waals surface area contributed by atoms with E-state index in [1.54, 1.807) is 6.07 Å². The fourth-order valence-corrected chi connectivity index (χ4v) is 2.17. The summed E-state index contributed by atoms with van der Waals surface area (Å²) >= 11 is 0. The summed E-state index contributed by atoms with van der Waals surface area (Å²) in [5.74, 6) is 0.852. The zero-order valence-electron chi connectivity index (χ0n) is 15.3. The van der Waals surface area contributed by atoms with E-state index < -0.39 is 0 Å². The lowest BCUT2D eigenvalue weighted by Crippen LogP contribution is -2.32. The zero-order valence-corrected chi connectivity index (χ0v) is 16.1. The summed E-state index contributed by atoms with van der Waals surface area (Å²) in [7, 11) is 0. The molecule has 25 heavy (non-hydrogen) atoms. The molecule has 0 spiro atoms. The molecule has 1 aromatic carbocycles. The molecule has 2 rings (SSSR count). The van der Waals surface area contributed by atoms with E-state index in [2.05, 4.69) is 27.7 Å². The van der Waals surface area contributed by atoms with Gasteiger partial charge in [-0.2, -0.15) is 4.98 Å². The largest absolute Gasteiger partial charge is 0.351 e. The van der Waals surface area contributed by atoms with Gasteiger partial charge in [-0.25, -0.2) is 0 Å². The second-order valence-electron chi connectivity index (χ2n) is 6.72. The van der Waals surface area contributed by atoms with Gasteiger partial charge in [0.2, 0.25) is 0 Å². The smallest absolute Gasteiger partial charge is 0.258 e. The molecular weight excluding hydrogens is 340 g/mol. The van der Waals surface area contributed by atoms with Gasteiger partial charge in [-0.1, -0.05) is 45.0 Å². The van der Waals surface area contributed by atoms with Crippen molar-refractivity contribution >= 4 is 18.3 Å². The van der Waals surface area contributed by atoms with Gasteiger partial charge in [0, 0.05) is 18.5 Å². The summed E-state index contributed by atoms with van der Waals surface area (Å²) in [6.07, 6.45) is 1.07. The molecule has 138 valence electrons. The molecule has 0 fully saturated rings. The molecule has 0 unspecified atom stereocenters. The van der Waals surface area contributed by atoms with Gasteiger partial charge < -0.3 is 15.2 Å². The van der Waals surface area contributed by atoms with Crippen molar-refractivity contribution in [1.29, 1.82) is 0 Å². The lowest BCUT2D eigenvalue weighted by molar-refractivity contribution is 0.0954. The first-order chi connectivity index (χ1) is 11.4. The van der Waals surface area contributed by atoms with Crippen LogP contribution in [0.3, 0.4) is 0 Å². The van der Waals surface area contributed by atoms with E-state index in [1.807, 2.05) is 39.0 Å². The van der Waals surface area contributed by atoms with E-state index in [0.717, 1.165) is 19.5 Å².